The van der Waals surface area contributed by atoms with Crippen molar-refractivity contribution in [3.63, 3.8) is 0 Å². The Balaban J connectivity index is 0.804. The number of nitrogens with zero attached hydrogens (tertiary/aromatic N) is 4. The quantitative estimate of drug-likeness (QED) is 0.0752. The zero-order chi connectivity index (χ0) is 41.1. The molecule has 11 nitrogen and oxygen atoms in total. The van der Waals surface area contributed by atoms with Crippen LogP contribution in [0.15, 0.2) is 66.7 Å². The maximum absolute atomic E-state index is 13.6. The van der Waals surface area contributed by atoms with Gasteiger partial charge < -0.3 is 24.0 Å². The molecular formula is C46H49N5O6S2. The molecule has 1 saturated heterocycles. The van der Waals surface area contributed by atoms with Crippen molar-refractivity contribution in [1.82, 2.24) is 14.9 Å². The highest BCUT2D eigenvalue weighted by atomic mass is 32.1. The van der Waals surface area contributed by atoms with Crippen molar-refractivity contribution in [2.75, 3.05) is 50.1 Å². The Kier molecular flexibility index (Phi) is 12.0. The van der Waals surface area contributed by atoms with Gasteiger partial charge in [-0.1, -0.05) is 47.4 Å². The van der Waals surface area contributed by atoms with Crippen molar-refractivity contribution in [2.24, 2.45) is 17.8 Å². The number of esters is 2. The largest absolute Gasteiger partial charge is 0.494 e. The number of amides is 1. The second-order valence-electron chi connectivity index (χ2n) is 16.5. The molecule has 1 N–H and O–H groups in total. The summed E-state index contributed by atoms with van der Waals surface area (Å²) in [6.07, 6.45) is 3.88. The minimum atomic E-state index is -0.463. The first-order valence-electron chi connectivity index (χ1n) is 20.3. The smallest absolute Gasteiger partial charge is 0.357 e. The van der Waals surface area contributed by atoms with Crippen molar-refractivity contribution in [3.05, 3.63) is 99.6 Å². The van der Waals surface area contributed by atoms with Crippen LogP contribution in [0, 0.1) is 29.6 Å². The molecule has 5 aromatic rings. The van der Waals surface area contributed by atoms with Gasteiger partial charge >= 0.3 is 11.9 Å². The van der Waals surface area contributed by atoms with Gasteiger partial charge in [-0.3, -0.25) is 14.9 Å². The minimum Gasteiger partial charge on any atom is -0.494 e. The van der Waals surface area contributed by atoms with Crippen LogP contribution in [0.25, 0.3) is 10.2 Å². The number of thiazole rings is 2. The lowest BCUT2D eigenvalue weighted by Gasteiger charge is -2.43. The van der Waals surface area contributed by atoms with Gasteiger partial charge in [0, 0.05) is 54.6 Å². The van der Waals surface area contributed by atoms with Crippen LogP contribution in [0.2, 0.25) is 0 Å². The fourth-order valence-corrected chi connectivity index (χ4v) is 9.80. The van der Waals surface area contributed by atoms with Crippen molar-refractivity contribution < 1.29 is 28.6 Å². The van der Waals surface area contributed by atoms with Crippen molar-refractivity contribution in [1.29, 1.82) is 0 Å². The monoisotopic (exact) mass is 831 g/mol. The number of hydrogen-bond acceptors (Lipinski definition) is 12. The van der Waals surface area contributed by atoms with E-state index in [1.165, 1.54) is 29.8 Å². The number of nitrogens with one attached hydrogen (secondary N) is 1. The van der Waals surface area contributed by atoms with Gasteiger partial charge in [0.15, 0.2) is 16.0 Å². The highest BCUT2D eigenvalue weighted by Gasteiger charge is 2.39. The van der Waals surface area contributed by atoms with Gasteiger partial charge in [0.25, 0.3) is 5.91 Å². The first kappa shape index (κ1) is 40.5. The Hall–Kier alpha value is -5.29. The number of aromatic nitrogens is 2. The summed E-state index contributed by atoms with van der Waals surface area (Å²) in [5, 5.41) is 4.30. The van der Waals surface area contributed by atoms with Crippen LogP contribution in [0.5, 0.6) is 5.75 Å². The molecule has 2 fully saturated rings. The van der Waals surface area contributed by atoms with Crippen molar-refractivity contribution in [2.45, 2.75) is 65.0 Å². The average molecular weight is 832 g/mol. The number of carbonyl (C=O) groups is 3. The maximum atomic E-state index is 13.6. The third kappa shape index (κ3) is 9.78. The van der Waals surface area contributed by atoms with Crippen LogP contribution in [-0.4, -0.2) is 78.2 Å². The van der Waals surface area contributed by atoms with Crippen LogP contribution in [0.3, 0.4) is 0 Å². The molecule has 13 heteroatoms. The Bertz CT molecular complexity index is 2360. The highest BCUT2D eigenvalue weighted by molar-refractivity contribution is 7.22. The minimum absolute atomic E-state index is 0.0507. The lowest BCUT2D eigenvalue weighted by atomic mass is 9.74. The predicted octanol–water partition coefficient (Wildman–Crippen LogP) is 8.02. The van der Waals surface area contributed by atoms with Gasteiger partial charge in [0.1, 0.15) is 11.4 Å². The second-order valence-corrected chi connectivity index (χ2v) is 18.6. The van der Waals surface area contributed by atoms with Gasteiger partial charge in [0.2, 0.25) is 0 Å². The molecule has 4 heterocycles. The standard InChI is InChI=1S/C46H49N5O6S2/c1-46(2,3)57-42(53)33-23-31(24-33)27-50-25-30(26-50)15-14-29-16-18-34(19-17-29)56-22-8-13-39-40(43(54)55-4)48-45(59-39)51-21-20-32-9-7-10-35(36(32)28-51)41(52)49-44-47-37-11-5-6-12-38(37)58-44/h5-7,9-12,16-19,30-31,33H,8,13,20-28H2,1-4H3,(H,47,49,52). The molecule has 8 rings (SSSR count). The fraction of sp³-hybridized carbons (Fsp3) is 0.413. The zero-order valence-corrected chi connectivity index (χ0v) is 35.5. The van der Waals surface area contributed by atoms with Gasteiger partial charge in [-0.25, -0.2) is 14.8 Å². The molecule has 0 bridgehead atoms. The number of rotatable bonds is 12. The molecule has 2 aromatic heterocycles. The van der Waals surface area contributed by atoms with Crippen LogP contribution in [0.1, 0.15) is 82.4 Å². The van der Waals surface area contributed by atoms with E-state index in [0.717, 1.165) is 81.6 Å². The summed E-state index contributed by atoms with van der Waals surface area (Å²) in [5.41, 5.74) is 4.39. The number of methoxy groups -OCH3 is 1. The summed E-state index contributed by atoms with van der Waals surface area (Å²) in [7, 11) is 1.37. The Morgan fingerprint density at radius 3 is 2.53 bits per heavy atom. The third-order valence-electron chi connectivity index (χ3n) is 10.9. The fourth-order valence-electron chi connectivity index (χ4n) is 7.83. The summed E-state index contributed by atoms with van der Waals surface area (Å²) >= 11 is 2.94. The molecule has 0 spiro atoms. The van der Waals surface area contributed by atoms with Crippen LogP contribution >= 0.6 is 22.7 Å². The molecule has 3 aromatic carbocycles. The number of anilines is 2. The molecule has 59 heavy (non-hydrogen) atoms. The van der Waals surface area contributed by atoms with Gasteiger partial charge in [-0.2, -0.15) is 0 Å². The summed E-state index contributed by atoms with van der Waals surface area (Å²) < 4.78 is 17.7. The van der Waals surface area contributed by atoms with Crippen LogP contribution in [-0.2, 0) is 33.7 Å². The second kappa shape index (κ2) is 17.5. The summed E-state index contributed by atoms with van der Waals surface area (Å²) in [5.74, 6) is 7.76. The number of aryl methyl sites for hydroxylation is 1. The van der Waals surface area contributed by atoms with Crippen molar-refractivity contribution in [3.8, 4) is 17.6 Å². The molecule has 0 atom stereocenters. The van der Waals surface area contributed by atoms with E-state index >= 15 is 0 Å². The molecule has 3 aliphatic rings. The molecular weight excluding hydrogens is 783 g/mol. The summed E-state index contributed by atoms with van der Waals surface area (Å²) in [4.78, 5) is 53.4. The van der Waals surface area contributed by atoms with E-state index in [1.54, 1.807) is 0 Å². The lowest BCUT2D eigenvalue weighted by Crippen LogP contribution is -2.50. The maximum Gasteiger partial charge on any atom is 0.357 e. The van der Waals surface area contributed by atoms with Crippen LogP contribution in [0.4, 0.5) is 10.3 Å². The summed E-state index contributed by atoms with van der Waals surface area (Å²) in [6, 6.07) is 21.5. The SMILES string of the molecule is COC(=O)c1nc(N2CCc3cccc(C(=O)Nc4nc5ccccc5s4)c3C2)sc1CCCOc1ccc(C#CC2CN(CC3CC(C(=O)OC(C)(C)C)C3)C2)cc1. The van der Waals surface area contributed by atoms with E-state index in [2.05, 4.69) is 38.0 Å². The first-order valence-corrected chi connectivity index (χ1v) is 21.9. The topological polar surface area (TPSA) is 123 Å². The highest BCUT2D eigenvalue weighted by Crippen LogP contribution is 2.38. The zero-order valence-electron chi connectivity index (χ0n) is 33.9. The molecule has 0 radical (unpaired) electrons. The Labute approximate surface area is 353 Å². The molecule has 2 aliphatic heterocycles. The van der Waals surface area contributed by atoms with E-state index < -0.39 is 11.6 Å². The van der Waals surface area contributed by atoms with E-state index in [1.807, 2.05) is 81.4 Å². The van der Waals surface area contributed by atoms with E-state index in [0.29, 0.717) is 60.8 Å². The molecule has 0 unspecified atom stereocenters. The molecule has 306 valence electrons. The van der Waals surface area contributed by atoms with Crippen molar-refractivity contribution >= 4 is 61.0 Å². The average Bonchev–Trinajstić information content (AvgIpc) is 3.81. The Morgan fingerprint density at radius 2 is 1.76 bits per heavy atom. The number of ether oxygens (including phenoxy) is 3. The number of likely N-dealkylation sites (tertiary alicyclic amines) is 1. The number of hydrogen-bond donors (Lipinski definition) is 1. The lowest BCUT2D eigenvalue weighted by molar-refractivity contribution is -0.165. The number of fused-ring (bicyclic) bond motifs is 2. The number of para-hydroxylation sites is 1. The van der Waals surface area contributed by atoms with Gasteiger partial charge in [-0.05, 0) is 112 Å². The third-order valence-corrected chi connectivity index (χ3v) is 13.0. The summed E-state index contributed by atoms with van der Waals surface area (Å²) in [6.45, 7) is 10.4. The van der Waals surface area contributed by atoms with E-state index in [9.17, 15) is 14.4 Å². The molecule has 1 saturated carbocycles. The Morgan fingerprint density at radius 1 is 0.966 bits per heavy atom. The van der Waals surface area contributed by atoms with Gasteiger partial charge in [-0.15, -0.1) is 11.3 Å². The normalized spacial score (nSPS) is 17.9. The van der Waals surface area contributed by atoms with Gasteiger partial charge in [0.05, 0.1) is 29.9 Å². The van der Waals surface area contributed by atoms with Crippen LogP contribution < -0.4 is 15.0 Å². The number of benzene rings is 3. The number of carbonyl (C=O) groups excluding carboxylic acids is 3. The molecule has 1 amide bonds. The van der Waals surface area contributed by atoms with E-state index in [4.69, 9.17) is 19.2 Å². The first-order chi connectivity index (χ1) is 28.5. The predicted molar refractivity (Wildman–Crippen MR) is 231 cm³/mol. The molecule has 1 aliphatic carbocycles. The van der Waals surface area contributed by atoms with E-state index in [-0.39, 0.29) is 17.8 Å².